The highest BCUT2D eigenvalue weighted by atomic mass is 32.2. The summed E-state index contributed by atoms with van der Waals surface area (Å²) < 4.78 is 53.1. The first-order valence-corrected chi connectivity index (χ1v) is 13.4. The number of ether oxygens (including phenoxy) is 1. The second kappa shape index (κ2) is 10.00. The van der Waals surface area contributed by atoms with E-state index in [9.17, 15) is 26.4 Å². The van der Waals surface area contributed by atoms with E-state index in [4.69, 9.17) is 9.88 Å². The third kappa shape index (κ3) is 6.60. The smallest absolute Gasteiger partial charge is 0.325 e. The van der Waals surface area contributed by atoms with Crippen LogP contribution in [0.2, 0.25) is 0 Å². The van der Waals surface area contributed by atoms with Crippen molar-refractivity contribution in [1.29, 1.82) is 0 Å². The first kappa shape index (κ1) is 24.8. The molecule has 178 valence electrons. The number of rotatable bonds is 8. The number of carbonyl (C=O) groups excluding carboxylic acids is 2. The third-order valence-corrected chi connectivity index (χ3v) is 7.40. The summed E-state index contributed by atoms with van der Waals surface area (Å²) in [6.45, 7) is -0.248. The van der Waals surface area contributed by atoms with Crippen LogP contribution >= 0.6 is 0 Å². The highest BCUT2D eigenvalue weighted by Gasteiger charge is 2.38. The highest BCUT2D eigenvalue weighted by molar-refractivity contribution is 7.89. The molecule has 1 atom stereocenters. The Morgan fingerprint density at radius 3 is 2.30 bits per heavy atom. The molecule has 2 aromatic rings. The lowest BCUT2D eigenvalue weighted by Gasteiger charge is -2.33. The van der Waals surface area contributed by atoms with Crippen molar-refractivity contribution in [2.75, 3.05) is 19.4 Å². The molecule has 0 saturated heterocycles. The molecule has 1 aliphatic heterocycles. The summed E-state index contributed by atoms with van der Waals surface area (Å²) in [4.78, 5) is 24.7. The van der Waals surface area contributed by atoms with E-state index in [0.717, 1.165) is 27.3 Å². The number of nitrogens with one attached hydrogen (secondary N) is 1. The summed E-state index contributed by atoms with van der Waals surface area (Å²) in [5.74, 6) is -1.32. The largest absolute Gasteiger partial charge is 0.454 e. The Balaban J connectivity index is 1.51. The van der Waals surface area contributed by atoms with Crippen LogP contribution in [0.15, 0.2) is 53.4 Å². The van der Waals surface area contributed by atoms with Gasteiger partial charge >= 0.3 is 5.97 Å². The fraction of sp³-hybridized carbons (Fsp3) is 0.333. The van der Waals surface area contributed by atoms with Gasteiger partial charge in [-0.3, -0.25) is 9.59 Å². The Labute approximate surface area is 192 Å². The number of hydrogen-bond acceptors (Lipinski definition) is 7. The molecule has 0 radical (unpaired) electrons. The van der Waals surface area contributed by atoms with Gasteiger partial charge in [-0.1, -0.05) is 36.4 Å². The van der Waals surface area contributed by atoms with Gasteiger partial charge in [0.15, 0.2) is 6.61 Å². The Morgan fingerprint density at radius 1 is 1.06 bits per heavy atom. The molecule has 2 aromatic carbocycles. The molecule has 1 aliphatic rings. The van der Waals surface area contributed by atoms with Crippen LogP contribution in [0.1, 0.15) is 16.7 Å². The van der Waals surface area contributed by atoms with Crippen molar-refractivity contribution in [1.82, 2.24) is 9.62 Å². The Morgan fingerprint density at radius 2 is 1.70 bits per heavy atom. The van der Waals surface area contributed by atoms with Crippen LogP contribution in [-0.2, 0) is 53.8 Å². The van der Waals surface area contributed by atoms with Crippen molar-refractivity contribution in [3.63, 3.8) is 0 Å². The van der Waals surface area contributed by atoms with Crippen LogP contribution in [0.5, 0.6) is 0 Å². The average Bonchev–Trinajstić information content (AvgIpc) is 2.75. The zero-order valence-electron chi connectivity index (χ0n) is 17.9. The van der Waals surface area contributed by atoms with Gasteiger partial charge in [0, 0.05) is 19.5 Å². The van der Waals surface area contributed by atoms with E-state index in [1.165, 1.54) is 12.1 Å². The lowest BCUT2D eigenvalue weighted by Crippen LogP contribution is -2.49. The number of amides is 1. The standard InChI is InChI=1S/C21H25N3O7S2/c1-32(27,28)24-13-17-5-3-2-4-16(17)12-19(24)21(26)31-14-20(25)23-11-10-15-6-8-18(9-7-15)33(22,29)30/h2-9,19H,10-14H2,1H3,(H,23,25)(H2,22,29,30). The summed E-state index contributed by atoms with van der Waals surface area (Å²) in [7, 11) is -7.44. The molecule has 0 spiro atoms. The van der Waals surface area contributed by atoms with Gasteiger partial charge < -0.3 is 10.1 Å². The van der Waals surface area contributed by atoms with Crippen molar-refractivity contribution in [2.24, 2.45) is 5.14 Å². The normalized spacial score (nSPS) is 16.6. The highest BCUT2D eigenvalue weighted by Crippen LogP contribution is 2.26. The van der Waals surface area contributed by atoms with Crippen LogP contribution in [0.25, 0.3) is 0 Å². The molecule has 0 aromatic heterocycles. The van der Waals surface area contributed by atoms with Crippen molar-refractivity contribution in [3.05, 3.63) is 65.2 Å². The molecule has 0 fully saturated rings. The molecular weight excluding hydrogens is 470 g/mol. The number of esters is 1. The first-order chi connectivity index (χ1) is 15.4. The van der Waals surface area contributed by atoms with Gasteiger partial charge in [0.1, 0.15) is 6.04 Å². The van der Waals surface area contributed by atoms with Crippen LogP contribution in [0, 0.1) is 0 Å². The van der Waals surface area contributed by atoms with Crippen LogP contribution in [-0.4, -0.2) is 58.5 Å². The van der Waals surface area contributed by atoms with Gasteiger partial charge in [0.05, 0.1) is 11.2 Å². The Hall–Kier alpha value is -2.80. The van der Waals surface area contributed by atoms with Gasteiger partial charge in [0.25, 0.3) is 5.91 Å². The molecule has 33 heavy (non-hydrogen) atoms. The molecule has 3 N–H and O–H groups in total. The van der Waals surface area contributed by atoms with E-state index >= 15 is 0 Å². The van der Waals surface area contributed by atoms with Crippen molar-refractivity contribution < 1.29 is 31.2 Å². The first-order valence-electron chi connectivity index (χ1n) is 10.0. The van der Waals surface area contributed by atoms with Crippen LogP contribution in [0.4, 0.5) is 0 Å². The number of carbonyl (C=O) groups is 2. The van der Waals surface area contributed by atoms with Crippen LogP contribution < -0.4 is 10.5 Å². The summed E-state index contributed by atoms with van der Waals surface area (Å²) in [5.41, 5.74) is 2.46. The molecule has 3 rings (SSSR count). The fourth-order valence-electron chi connectivity index (χ4n) is 3.52. The monoisotopic (exact) mass is 495 g/mol. The lowest BCUT2D eigenvalue weighted by molar-refractivity contribution is -0.152. The summed E-state index contributed by atoms with van der Waals surface area (Å²) in [5, 5.41) is 7.65. The van der Waals surface area contributed by atoms with Gasteiger partial charge in [-0.25, -0.2) is 22.0 Å². The molecule has 0 bridgehead atoms. The van der Waals surface area contributed by atoms with E-state index in [-0.39, 0.29) is 24.4 Å². The second-order valence-electron chi connectivity index (χ2n) is 7.69. The average molecular weight is 496 g/mol. The minimum absolute atomic E-state index is 0.00401. The maximum absolute atomic E-state index is 12.6. The summed E-state index contributed by atoms with van der Waals surface area (Å²) in [6.07, 6.45) is 1.62. The molecule has 0 saturated carbocycles. The number of nitrogens with two attached hydrogens (primary N) is 1. The van der Waals surface area contributed by atoms with Crippen molar-refractivity contribution in [3.8, 4) is 0 Å². The van der Waals surface area contributed by atoms with E-state index in [0.29, 0.717) is 6.42 Å². The zero-order valence-corrected chi connectivity index (χ0v) is 19.6. The Kier molecular flexibility index (Phi) is 7.52. The number of fused-ring (bicyclic) bond motifs is 1. The summed E-state index contributed by atoms with van der Waals surface area (Å²) >= 11 is 0. The predicted molar refractivity (Wildman–Crippen MR) is 120 cm³/mol. The maximum Gasteiger partial charge on any atom is 0.325 e. The third-order valence-electron chi connectivity index (χ3n) is 5.24. The van der Waals surface area contributed by atoms with E-state index in [1.54, 1.807) is 18.2 Å². The van der Waals surface area contributed by atoms with Gasteiger partial charge in [-0.05, 0) is 35.2 Å². The topological polar surface area (TPSA) is 153 Å². The van der Waals surface area contributed by atoms with Crippen LogP contribution in [0.3, 0.4) is 0 Å². The molecule has 12 heteroatoms. The van der Waals surface area contributed by atoms with E-state index < -0.39 is 44.6 Å². The predicted octanol–water partition coefficient (Wildman–Crippen LogP) is -0.0776. The van der Waals surface area contributed by atoms with E-state index in [1.807, 2.05) is 18.2 Å². The van der Waals surface area contributed by atoms with Gasteiger partial charge in [-0.2, -0.15) is 4.31 Å². The zero-order chi connectivity index (χ0) is 24.2. The van der Waals surface area contributed by atoms with Gasteiger partial charge in [0.2, 0.25) is 20.0 Å². The Bertz CT molecular complexity index is 1240. The SMILES string of the molecule is CS(=O)(=O)N1Cc2ccccc2CC1C(=O)OCC(=O)NCCc1ccc(S(N)(=O)=O)cc1. The van der Waals surface area contributed by atoms with Crippen molar-refractivity contribution in [2.45, 2.75) is 30.3 Å². The number of primary sulfonamides is 1. The second-order valence-corrected chi connectivity index (χ2v) is 11.2. The lowest BCUT2D eigenvalue weighted by atomic mass is 9.96. The number of sulfonamides is 2. The minimum atomic E-state index is -3.77. The molecular formula is C21H25N3O7S2. The van der Waals surface area contributed by atoms with Gasteiger partial charge in [-0.15, -0.1) is 0 Å². The molecule has 1 amide bonds. The number of benzene rings is 2. The molecule has 1 unspecified atom stereocenters. The fourth-order valence-corrected chi connectivity index (χ4v) is 5.04. The minimum Gasteiger partial charge on any atom is -0.454 e. The number of hydrogen-bond donors (Lipinski definition) is 2. The van der Waals surface area contributed by atoms with E-state index in [2.05, 4.69) is 5.32 Å². The summed E-state index contributed by atoms with van der Waals surface area (Å²) in [6, 6.07) is 12.2. The van der Waals surface area contributed by atoms with Crippen molar-refractivity contribution >= 4 is 31.9 Å². The molecule has 0 aliphatic carbocycles. The quantitative estimate of drug-likeness (QED) is 0.486. The molecule has 1 heterocycles. The maximum atomic E-state index is 12.6. The number of nitrogens with zero attached hydrogens (tertiary/aromatic N) is 1. The molecule has 10 nitrogen and oxygen atoms in total.